The molecule has 1 amide bonds. The molecule has 0 radical (unpaired) electrons. The molecule has 2 aromatic carbocycles. The van der Waals surface area contributed by atoms with Crippen LogP contribution in [0.3, 0.4) is 0 Å². The van der Waals surface area contributed by atoms with Gasteiger partial charge in [0.2, 0.25) is 0 Å². The van der Waals surface area contributed by atoms with E-state index in [-0.39, 0.29) is 5.91 Å². The van der Waals surface area contributed by atoms with E-state index in [1.54, 1.807) is 31.4 Å². The summed E-state index contributed by atoms with van der Waals surface area (Å²) in [5.41, 5.74) is 7.31. The van der Waals surface area contributed by atoms with Gasteiger partial charge in [0.25, 0.3) is 5.91 Å². The fraction of sp³-hybridized carbons (Fsp3) is 0.0714. The number of benzene rings is 2. The lowest BCUT2D eigenvalue weighted by Gasteiger charge is -2.12. The lowest BCUT2D eigenvalue weighted by atomic mass is 10.2. The minimum Gasteiger partial charge on any atom is -0.495 e. The second kappa shape index (κ2) is 6.81. The zero-order chi connectivity index (χ0) is 15.6. The molecule has 0 fully saturated rings. The van der Waals surface area contributed by atoms with Gasteiger partial charge in [-0.25, -0.2) is 0 Å². The molecule has 0 aliphatic carbocycles. The van der Waals surface area contributed by atoms with Crippen LogP contribution in [0.4, 0.5) is 11.4 Å². The Morgan fingerprint density at radius 3 is 2.48 bits per heavy atom. The molecule has 0 spiro atoms. The quantitative estimate of drug-likeness (QED) is 0.622. The summed E-state index contributed by atoms with van der Waals surface area (Å²) < 4.78 is 7.43. The number of halogens is 3. The van der Waals surface area contributed by atoms with E-state index in [1.807, 2.05) is 6.07 Å². The molecule has 7 heteroatoms. The topological polar surface area (TPSA) is 64.3 Å². The van der Waals surface area contributed by atoms with Crippen LogP contribution in [0.25, 0.3) is 0 Å². The van der Waals surface area contributed by atoms with Gasteiger partial charge in [0.05, 0.1) is 22.8 Å². The highest BCUT2D eigenvalue weighted by Crippen LogP contribution is 2.35. The Morgan fingerprint density at radius 1 is 1.10 bits per heavy atom. The molecule has 0 bridgehead atoms. The standard InChI is InChI=1S/C14H11Br3N2O2/c1-21-13-6-12(10(16)5-11(13)17)19-14(20)8-4-7(18)2-3-9(8)15/h2-6H,18H2,1H3,(H,19,20). The third kappa shape index (κ3) is 3.78. The highest BCUT2D eigenvalue weighted by atomic mass is 79.9. The molecule has 110 valence electrons. The van der Waals surface area contributed by atoms with Crippen molar-refractivity contribution in [3.8, 4) is 5.75 Å². The number of nitrogens with one attached hydrogen (secondary N) is 1. The number of hydrogen-bond acceptors (Lipinski definition) is 3. The third-order valence-corrected chi connectivity index (χ3v) is 4.69. The van der Waals surface area contributed by atoms with Crippen LogP contribution in [-0.4, -0.2) is 13.0 Å². The molecule has 2 aromatic rings. The Kier molecular flexibility index (Phi) is 5.29. The van der Waals surface area contributed by atoms with Crippen LogP contribution < -0.4 is 15.8 Å². The number of hydrogen-bond donors (Lipinski definition) is 2. The maximum atomic E-state index is 12.4. The predicted octanol–water partition coefficient (Wildman–Crippen LogP) is 4.82. The van der Waals surface area contributed by atoms with Crippen molar-refractivity contribution in [2.45, 2.75) is 0 Å². The van der Waals surface area contributed by atoms with Crippen LogP contribution in [0.2, 0.25) is 0 Å². The second-order valence-electron chi connectivity index (χ2n) is 4.16. The van der Waals surface area contributed by atoms with Gasteiger partial charge in [-0.15, -0.1) is 0 Å². The fourth-order valence-corrected chi connectivity index (χ4v) is 3.37. The van der Waals surface area contributed by atoms with Gasteiger partial charge in [-0.05, 0) is 72.1 Å². The van der Waals surface area contributed by atoms with Gasteiger partial charge >= 0.3 is 0 Å². The van der Waals surface area contributed by atoms with E-state index in [1.165, 1.54) is 0 Å². The maximum Gasteiger partial charge on any atom is 0.256 e. The van der Waals surface area contributed by atoms with Crippen LogP contribution >= 0.6 is 47.8 Å². The van der Waals surface area contributed by atoms with Crippen molar-refractivity contribution in [2.24, 2.45) is 0 Å². The van der Waals surface area contributed by atoms with Crippen molar-refractivity contribution in [1.82, 2.24) is 0 Å². The molecule has 0 aromatic heterocycles. The molecule has 0 saturated carbocycles. The minimum absolute atomic E-state index is 0.265. The number of rotatable bonds is 3. The Morgan fingerprint density at radius 2 is 1.81 bits per heavy atom. The number of carbonyl (C=O) groups is 1. The Labute approximate surface area is 147 Å². The van der Waals surface area contributed by atoms with Gasteiger partial charge in [-0.2, -0.15) is 0 Å². The molecule has 0 atom stereocenters. The van der Waals surface area contributed by atoms with E-state index in [2.05, 4.69) is 53.1 Å². The zero-order valence-corrected chi connectivity index (χ0v) is 15.7. The minimum atomic E-state index is -0.265. The van der Waals surface area contributed by atoms with Crippen molar-refractivity contribution >= 4 is 65.1 Å². The lowest BCUT2D eigenvalue weighted by molar-refractivity contribution is 0.102. The van der Waals surface area contributed by atoms with Crippen LogP contribution in [0.15, 0.2) is 43.7 Å². The molecule has 3 N–H and O–H groups in total. The number of anilines is 2. The SMILES string of the molecule is COc1cc(NC(=O)c2cc(N)ccc2Br)c(Br)cc1Br. The van der Waals surface area contributed by atoms with E-state index < -0.39 is 0 Å². The lowest BCUT2D eigenvalue weighted by Crippen LogP contribution is -2.13. The summed E-state index contributed by atoms with van der Waals surface area (Å²) in [7, 11) is 1.56. The molecule has 0 saturated heterocycles. The Balaban J connectivity index is 2.33. The molecule has 0 heterocycles. The van der Waals surface area contributed by atoms with Crippen molar-refractivity contribution in [2.75, 3.05) is 18.2 Å². The number of ether oxygens (including phenoxy) is 1. The zero-order valence-electron chi connectivity index (χ0n) is 10.9. The van der Waals surface area contributed by atoms with E-state index in [0.717, 1.165) is 8.95 Å². The molecule has 2 rings (SSSR count). The highest BCUT2D eigenvalue weighted by molar-refractivity contribution is 9.11. The van der Waals surface area contributed by atoms with Gasteiger partial charge < -0.3 is 15.8 Å². The van der Waals surface area contributed by atoms with Crippen molar-refractivity contribution < 1.29 is 9.53 Å². The first-order valence-corrected chi connectivity index (χ1v) is 8.19. The summed E-state index contributed by atoms with van der Waals surface area (Å²) in [5, 5.41) is 2.82. The van der Waals surface area contributed by atoms with E-state index >= 15 is 0 Å². The predicted molar refractivity (Wildman–Crippen MR) is 94.9 cm³/mol. The molecule has 0 unspecified atom stereocenters. The summed E-state index contributed by atoms with van der Waals surface area (Å²) in [6.07, 6.45) is 0. The van der Waals surface area contributed by atoms with Gasteiger partial charge in [-0.3, -0.25) is 4.79 Å². The summed E-state index contributed by atoms with van der Waals surface area (Å²) in [6.45, 7) is 0. The normalized spacial score (nSPS) is 10.3. The van der Waals surface area contributed by atoms with Gasteiger partial charge in [0.15, 0.2) is 0 Å². The van der Waals surface area contributed by atoms with Crippen LogP contribution in [0.1, 0.15) is 10.4 Å². The van der Waals surface area contributed by atoms with Crippen LogP contribution in [0.5, 0.6) is 5.75 Å². The third-order valence-electron chi connectivity index (χ3n) is 2.72. The van der Waals surface area contributed by atoms with Crippen molar-refractivity contribution in [1.29, 1.82) is 0 Å². The van der Waals surface area contributed by atoms with Gasteiger partial charge in [0.1, 0.15) is 5.75 Å². The summed E-state index contributed by atoms with van der Waals surface area (Å²) in [6, 6.07) is 8.61. The fourth-order valence-electron chi connectivity index (χ4n) is 1.69. The number of nitrogen functional groups attached to an aromatic ring is 1. The van der Waals surface area contributed by atoms with Crippen molar-refractivity contribution in [3.05, 3.63) is 49.3 Å². The smallest absolute Gasteiger partial charge is 0.256 e. The maximum absolute atomic E-state index is 12.4. The molecule has 0 aliphatic heterocycles. The molecule has 4 nitrogen and oxygen atoms in total. The van der Waals surface area contributed by atoms with Crippen LogP contribution in [-0.2, 0) is 0 Å². The van der Waals surface area contributed by atoms with E-state index in [9.17, 15) is 4.79 Å². The van der Waals surface area contributed by atoms with Crippen molar-refractivity contribution in [3.63, 3.8) is 0 Å². The van der Waals surface area contributed by atoms with E-state index in [4.69, 9.17) is 10.5 Å². The van der Waals surface area contributed by atoms with Gasteiger partial charge in [-0.1, -0.05) is 0 Å². The molecular formula is C14H11Br3N2O2. The van der Waals surface area contributed by atoms with E-state index in [0.29, 0.717) is 27.2 Å². The summed E-state index contributed by atoms with van der Waals surface area (Å²) in [4.78, 5) is 12.4. The molecule has 21 heavy (non-hydrogen) atoms. The summed E-state index contributed by atoms with van der Waals surface area (Å²) in [5.74, 6) is 0.361. The number of carbonyl (C=O) groups excluding carboxylic acids is 1. The first kappa shape index (κ1) is 16.3. The highest BCUT2D eigenvalue weighted by Gasteiger charge is 2.14. The molecule has 0 aliphatic rings. The average Bonchev–Trinajstić information content (AvgIpc) is 2.44. The Bertz CT molecular complexity index is 705. The summed E-state index contributed by atoms with van der Waals surface area (Å²) >= 11 is 10.1. The number of amides is 1. The first-order chi connectivity index (χ1) is 9.92. The average molecular weight is 479 g/mol. The molecular weight excluding hydrogens is 468 g/mol. The second-order valence-corrected chi connectivity index (χ2v) is 6.72. The Hall–Kier alpha value is -1.05. The number of nitrogens with two attached hydrogens (primary N) is 1. The monoisotopic (exact) mass is 476 g/mol. The van der Waals surface area contributed by atoms with Gasteiger partial charge in [0, 0.05) is 20.7 Å². The van der Waals surface area contributed by atoms with Crippen LogP contribution in [0, 0.1) is 0 Å². The first-order valence-electron chi connectivity index (χ1n) is 5.81. The number of methoxy groups -OCH3 is 1. The largest absolute Gasteiger partial charge is 0.495 e.